The SMILES string of the molecule is CCP(=O)(OC)C(C)S(=O)(=O)C(C)C. The van der Waals surface area contributed by atoms with Crippen molar-refractivity contribution in [2.75, 3.05) is 13.3 Å². The van der Waals surface area contributed by atoms with Crippen LogP contribution in [0.3, 0.4) is 0 Å². The fourth-order valence-electron chi connectivity index (χ4n) is 1.15. The van der Waals surface area contributed by atoms with Gasteiger partial charge in [-0.2, -0.15) is 0 Å². The summed E-state index contributed by atoms with van der Waals surface area (Å²) in [7, 11) is -5.08. The molecule has 0 bridgehead atoms. The average molecular weight is 242 g/mol. The third-order valence-corrected chi connectivity index (χ3v) is 9.15. The van der Waals surface area contributed by atoms with Crippen molar-refractivity contribution < 1.29 is 17.5 Å². The highest BCUT2D eigenvalue weighted by Gasteiger charge is 2.39. The van der Waals surface area contributed by atoms with E-state index in [2.05, 4.69) is 0 Å². The Balaban J connectivity index is 5.15. The molecule has 0 saturated carbocycles. The predicted octanol–water partition coefficient (Wildman–Crippen LogP) is 2.10. The van der Waals surface area contributed by atoms with E-state index in [0.29, 0.717) is 0 Å². The molecule has 0 spiro atoms. The molecule has 6 heteroatoms. The second-order valence-corrected chi connectivity index (χ2v) is 9.86. The minimum atomic E-state index is -3.35. The van der Waals surface area contributed by atoms with Crippen LogP contribution in [0.2, 0.25) is 0 Å². The van der Waals surface area contributed by atoms with Crippen LogP contribution in [0.1, 0.15) is 27.7 Å². The number of sulfone groups is 1. The van der Waals surface area contributed by atoms with Gasteiger partial charge in [-0.3, -0.25) is 4.57 Å². The summed E-state index contributed by atoms with van der Waals surface area (Å²) in [5.41, 5.74) is 0. The first kappa shape index (κ1) is 14.1. The van der Waals surface area contributed by atoms with Crippen molar-refractivity contribution >= 4 is 17.2 Å². The van der Waals surface area contributed by atoms with Crippen LogP contribution >= 0.6 is 7.37 Å². The van der Waals surface area contributed by atoms with Crippen molar-refractivity contribution in [3.63, 3.8) is 0 Å². The summed E-state index contributed by atoms with van der Waals surface area (Å²) >= 11 is 0. The van der Waals surface area contributed by atoms with E-state index in [-0.39, 0.29) is 6.16 Å². The molecule has 0 aliphatic rings. The van der Waals surface area contributed by atoms with Crippen LogP contribution in [0.5, 0.6) is 0 Å². The van der Waals surface area contributed by atoms with Gasteiger partial charge in [0.05, 0.1) is 5.25 Å². The summed E-state index contributed by atoms with van der Waals surface area (Å²) in [6, 6.07) is 0. The lowest BCUT2D eigenvalue weighted by atomic mass is 10.6. The van der Waals surface area contributed by atoms with Crippen LogP contribution in [0.15, 0.2) is 0 Å². The van der Waals surface area contributed by atoms with Gasteiger partial charge >= 0.3 is 0 Å². The quantitative estimate of drug-likeness (QED) is 0.693. The normalized spacial score (nSPS) is 19.3. The molecule has 0 amide bonds. The van der Waals surface area contributed by atoms with Crippen molar-refractivity contribution in [1.29, 1.82) is 0 Å². The molecule has 0 saturated heterocycles. The zero-order valence-corrected chi connectivity index (χ0v) is 11.1. The van der Waals surface area contributed by atoms with E-state index in [9.17, 15) is 13.0 Å². The molecule has 0 radical (unpaired) electrons. The molecule has 0 aromatic carbocycles. The van der Waals surface area contributed by atoms with Crippen LogP contribution in [0, 0.1) is 0 Å². The van der Waals surface area contributed by atoms with E-state index in [4.69, 9.17) is 4.52 Å². The van der Waals surface area contributed by atoms with Crippen molar-refractivity contribution in [2.24, 2.45) is 0 Å². The van der Waals surface area contributed by atoms with Gasteiger partial charge in [0.25, 0.3) is 0 Å². The van der Waals surface area contributed by atoms with E-state index in [0.717, 1.165) is 0 Å². The maximum atomic E-state index is 12.0. The molecule has 0 fully saturated rings. The molecule has 0 rings (SSSR count). The summed E-state index contributed by atoms with van der Waals surface area (Å²) in [5, 5.41) is -0.521. The van der Waals surface area contributed by atoms with E-state index < -0.39 is 27.4 Å². The zero-order valence-electron chi connectivity index (χ0n) is 9.35. The molecule has 0 N–H and O–H groups in total. The van der Waals surface area contributed by atoms with Gasteiger partial charge in [0.1, 0.15) is 4.99 Å². The molecular formula is C8H19O4PS. The van der Waals surface area contributed by atoms with Crippen molar-refractivity contribution in [2.45, 2.75) is 37.9 Å². The summed E-state index contributed by atoms with van der Waals surface area (Å²) in [4.78, 5) is -0.912. The maximum Gasteiger partial charge on any atom is 0.220 e. The Labute approximate surface area is 86.4 Å². The molecular weight excluding hydrogens is 223 g/mol. The third-order valence-electron chi connectivity index (χ3n) is 2.44. The minimum absolute atomic E-state index is 0.247. The average Bonchev–Trinajstić information content (AvgIpc) is 2.15. The highest BCUT2D eigenvalue weighted by molar-refractivity contribution is 7.99. The van der Waals surface area contributed by atoms with Crippen LogP contribution in [-0.4, -0.2) is 31.9 Å². The molecule has 0 heterocycles. The standard InChI is InChI=1S/C8H19O4PS/c1-6-13(9,12-5)8(4)14(10,11)7(2)3/h7-8H,6H2,1-5H3. The maximum absolute atomic E-state index is 12.0. The summed E-state index contributed by atoms with van der Waals surface area (Å²) in [6.07, 6.45) is 0.247. The molecule has 2 atom stereocenters. The van der Waals surface area contributed by atoms with Crippen LogP contribution in [0.4, 0.5) is 0 Å². The van der Waals surface area contributed by atoms with Gasteiger partial charge in [0.2, 0.25) is 7.37 Å². The van der Waals surface area contributed by atoms with E-state index in [1.165, 1.54) is 14.0 Å². The first-order valence-corrected chi connectivity index (χ1v) is 8.08. The van der Waals surface area contributed by atoms with Gasteiger partial charge in [-0.05, 0) is 20.8 Å². The van der Waals surface area contributed by atoms with E-state index >= 15 is 0 Å². The van der Waals surface area contributed by atoms with Crippen LogP contribution in [0.25, 0.3) is 0 Å². The molecule has 0 aliphatic heterocycles. The Morgan fingerprint density at radius 3 is 1.93 bits per heavy atom. The second kappa shape index (κ2) is 4.77. The van der Waals surface area contributed by atoms with Gasteiger partial charge in [-0.25, -0.2) is 8.42 Å². The lowest BCUT2D eigenvalue weighted by Gasteiger charge is -2.23. The van der Waals surface area contributed by atoms with Crippen molar-refractivity contribution in [3.05, 3.63) is 0 Å². The Kier molecular flexibility index (Phi) is 4.82. The Morgan fingerprint density at radius 1 is 1.29 bits per heavy atom. The van der Waals surface area contributed by atoms with Crippen molar-refractivity contribution in [1.82, 2.24) is 0 Å². The van der Waals surface area contributed by atoms with Crippen LogP contribution in [-0.2, 0) is 18.9 Å². The molecule has 86 valence electrons. The topological polar surface area (TPSA) is 60.4 Å². The first-order valence-electron chi connectivity index (χ1n) is 4.59. The Bertz CT molecular complexity index is 312. The smallest absolute Gasteiger partial charge is 0.220 e. The van der Waals surface area contributed by atoms with Gasteiger partial charge in [-0.15, -0.1) is 0 Å². The van der Waals surface area contributed by atoms with Crippen LogP contribution < -0.4 is 0 Å². The largest absolute Gasteiger partial charge is 0.331 e. The number of hydrogen-bond donors (Lipinski definition) is 0. The lowest BCUT2D eigenvalue weighted by molar-refractivity contribution is 0.391. The predicted molar refractivity (Wildman–Crippen MR) is 58.7 cm³/mol. The monoisotopic (exact) mass is 242 g/mol. The summed E-state index contributed by atoms with van der Waals surface area (Å²) in [5.74, 6) is 0. The first-order chi connectivity index (χ1) is 6.22. The zero-order chi connectivity index (χ0) is 11.6. The fraction of sp³-hybridized carbons (Fsp3) is 1.00. The highest BCUT2D eigenvalue weighted by Crippen LogP contribution is 2.53. The number of rotatable bonds is 5. The molecule has 4 nitrogen and oxygen atoms in total. The third kappa shape index (κ3) is 2.59. The van der Waals surface area contributed by atoms with Gasteiger partial charge < -0.3 is 4.52 Å². The van der Waals surface area contributed by atoms with Gasteiger partial charge in [-0.1, -0.05) is 6.92 Å². The fourth-order valence-corrected chi connectivity index (χ4v) is 6.24. The number of hydrogen-bond acceptors (Lipinski definition) is 4. The molecule has 0 aliphatic carbocycles. The summed E-state index contributed by atoms with van der Waals surface area (Å²) in [6.45, 7) is 6.31. The second-order valence-electron chi connectivity index (χ2n) is 3.46. The summed E-state index contributed by atoms with van der Waals surface area (Å²) < 4.78 is 40.3. The molecule has 14 heavy (non-hydrogen) atoms. The van der Waals surface area contributed by atoms with Gasteiger partial charge in [0.15, 0.2) is 9.84 Å². The Morgan fingerprint density at radius 2 is 1.71 bits per heavy atom. The highest BCUT2D eigenvalue weighted by atomic mass is 32.2. The molecule has 0 aromatic heterocycles. The van der Waals surface area contributed by atoms with Gasteiger partial charge in [0, 0.05) is 13.3 Å². The van der Waals surface area contributed by atoms with E-state index in [1.54, 1.807) is 20.8 Å². The molecule has 0 aromatic rings. The molecule has 2 unspecified atom stereocenters. The Hall–Kier alpha value is 0.140. The van der Waals surface area contributed by atoms with Crippen molar-refractivity contribution in [3.8, 4) is 0 Å². The van der Waals surface area contributed by atoms with E-state index in [1.807, 2.05) is 0 Å². The minimum Gasteiger partial charge on any atom is -0.331 e. The lowest BCUT2D eigenvalue weighted by Crippen LogP contribution is -2.27.